The highest BCUT2D eigenvalue weighted by Gasteiger charge is 2.16. The maximum atomic E-state index is 6.15. The maximum Gasteiger partial charge on any atom is 0.163 e. The summed E-state index contributed by atoms with van der Waals surface area (Å²) < 4.78 is 11.5. The van der Waals surface area contributed by atoms with E-state index in [0.717, 1.165) is 60.1 Å². The summed E-state index contributed by atoms with van der Waals surface area (Å²) in [5.74, 6) is 2.34. The minimum Gasteiger partial charge on any atom is -0.490 e. The van der Waals surface area contributed by atoms with Crippen LogP contribution in [0, 0.1) is 13.8 Å². The molecule has 0 spiro atoms. The Morgan fingerprint density at radius 3 is 2.68 bits per heavy atom. The lowest BCUT2D eigenvalue weighted by molar-refractivity contribution is 0.0253. The normalized spacial score (nSPS) is 14.6. The third kappa shape index (κ3) is 4.46. The van der Waals surface area contributed by atoms with Crippen LogP contribution in [0.15, 0.2) is 48.8 Å². The number of hydrogen-bond donors (Lipinski definition) is 1. The quantitative estimate of drug-likeness (QED) is 0.709. The van der Waals surface area contributed by atoms with Crippen molar-refractivity contribution in [2.24, 2.45) is 0 Å². The zero-order chi connectivity index (χ0) is 19.3. The Balaban J connectivity index is 1.51. The van der Waals surface area contributed by atoms with Crippen molar-refractivity contribution in [2.45, 2.75) is 32.8 Å². The molecule has 3 aromatic rings. The highest BCUT2D eigenvalue weighted by molar-refractivity contribution is 5.62. The van der Waals surface area contributed by atoms with Crippen LogP contribution in [0.4, 0.5) is 11.5 Å². The molecule has 3 heterocycles. The summed E-state index contributed by atoms with van der Waals surface area (Å²) in [4.78, 5) is 13.3. The summed E-state index contributed by atoms with van der Waals surface area (Å²) in [6, 6.07) is 11.9. The largest absolute Gasteiger partial charge is 0.490 e. The van der Waals surface area contributed by atoms with E-state index in [9.17, 15) is 0 Å². The molecule has 0 aliphatic carbocycles. The Bertz CT molecular complexity index is 941. The van der Waals surface area contributed by atoms with Gasteiger partial charge in [-0.15, -0.1) is 0 Å². The van der Waals surface area contributed by atoms with Crippen LogP contribution >= 0.6 is 0 Å². The highest BCUT2D eigenvalue weighted by Crippen LogP contribution is 2.27. The number of rotatable bonds is 5. The summed E-state index contributed by atoms with van der Waals surface area (Å²) in [6.45, 7) is 5.57. The standard InChI is InChI=1S/C22H24N4O2/c1-15-12-18(5-6-20(15)28-19-7-10-27-11-8-19)25-21-13-16(2)24-22(26-21)17-4-3-9-23-14-17/h3-6,9,12-14,19H,7-8,10-11H2,1-2H3,(H,24,25,26). The lowest BCUT2D eigenvalue weighted by atomic mass is 10.1. The molecule has 4 rings (SSSR count). The molecule has 0 bridgehead atoms. The molecule has 0 saturated carbocycles. The predicted molar refractivity (Wildman–Crippen MR) is 109 cm³/mol. The van der Waals surface area contributed by atoms with Crippen LogP contribution in [-0.2, 0) is 4.74 Å². The van der Waals surface area contributed by atoms with Crippen molar-refractivity contribution in [3.63, 3.8) is 0 Å². The van der Waals surface area contributed by atoms with Crippen molar-refractivity contribution in [2.75, 3.05) is 18.5 Å². The van der Waals surface area contributed by atoms with E-state index in [4.69, 9.17) is 9.47 Å². The van der Waals surface area contributed by atoms with E-state index in [1.165, 1.54) is 0 Å². The van der Waals surface area contributed by atoms with Crippen LogP contribution in [-0.4, -0.2) is 34.3 Å². The molecular weight excluding hydrogens is 352 g/mol. The molecule has 1 aliphatic heterocycles. The Morgan fingerprint density at radius 1 is 1.07 bits per heavy atom. The smallest absolute Gasteiger partial charge is 0.163 e. The van der Waals surface area contributed by atoms with Gasteiger partial charge < -0.3 is 14.8 Å². The molecule has 144 valence electrons. The fraction of sp³-hybridized carbons (Fsp3) is 0.318. The second kappa shape index (κ2) is 8.35. The Morgan fingerprint density at radius 2 is 1.93 bits per heavy atom. The van der Waals surface area contributed by atoms with E-state index >= 15 is 0 Å². The summed E-state index contributed by atoms with van der Waals surface area (Å²) in [6.07, 6.45) is 5.63. The second-order valence-corrected chi connectivity index (χ2v) is 6.99. The van der Waals surface area contributed by atoms with E-state index in [0.29, 0.717) is 5.82 Å². The first kappa shape index (κ1) is 18.4. The molecule has 28 heavy (non-hydrogen) atoms. The van der Waals surface area contributed by atoms with Gasteiger partial charge in [-0.3, -0.25) is 4.98 Å². The van der Waals surface area contributed by atoms with Gasteiger partial charge in [-0.05, 0) is 49.7 Å². The van der Waals surface area contributed by atoms with Gasteiger partial charge in [0.1, 0.15) is 17.7 Å². The van der Waals surface area contributed by atoms with Crippen LogP contribution in [0.2, 0.25) is 0 Å². The third-order valence-electron chi connectivity index (χ3n) is 4.68. The number of pyridine rings is 1. The Labute approximate surface area is 165 Å². The molecule has 1 aliphatic rings. The molecule has 0 radical (unpaired) electrons. The van der Waals surface area contributed by atoms with Gasteiger partial charge in [0.25, 0.3) is 0 Å². The average molecular weight is 376 g/mol. The number of ether oxygens (including phenoxy) is 2. The minimum atomic E-state index is 0.234. The van der Waals surface area contributed by atoms with Gasteiger partial charge in [0.05, 0.1) is 13.2 Å². The summed E-state index contributed by atoms with van der Waals surface area (Å²) in [7, 11) is 0. The zero-order valence-electron chi connectivity index (χ0n) is 16.2. The summed E-state index contributed by atoms with van der Waals surface area (Å²) >= 11 is 0. The number of nitrogens with zero attached hydrogens (tertiary/aromatic N) is 3. The molecule has 1 fully saturated rings. The van der Waals surface area contributed by atoms with Crippen LogP contribution in [0.25, 0.3) is 11.4 Å². The number of hydrogen-bond acceptors (Lipinski definition) is 6. The lowest BCUT2D eigenvalue weighted by Crippen LogP contribution is -2.26. The molecule has 1 saturated heterocycles. The molecule has 6 nitrogen and oxygen atoms in total. The van der Waals surface area contributed by atoms with Crippen LogP contribution in [0.3, 0.4) is 0 Å². The van der Waals surface area contributed by atoms with Gasteiger partial charge in [0, 0.05) is 48.2 Å². The van der Waals surface area contributed by atoms with Crippen molar-refractivity contribution in [1.82, 2.24) is 15.0 Å². The first-order chi connectivity index (χ1) is 13.7. The van der Waals surface area contributed by atoms with Gasteiger partial charge in [-0.1, -0.05) is 0 Å². The molecular formula is C22H24N4O2. The molecule has 2 aromatic heterocycles. The molecule has 1 N–H and O–H groups in total. The molecule has 0 atom stereocenters. The molecule has 0 unspecified atom stereocenters. The highest BCUT2D eigenvalue weighted by atomic mass is 16.5. The number of aryl methyl sites for hydroxylation is 2. The molecule has 1 aromatic carbocycles. The van der Waals surface area contributed by atoms with Gasteiger partial charge in [0.2, 0.25) is 0 Å². The van der Waals surface area contributed by atoms with E-state index in [-0.39, 0.29) is 6.10 Å². The van der Waals surface area contributed by atoms with Crippen LogP contribution in [0.5, 0.6) is 5.75 Å². The van der Waals surface area contributed by atoms with Crippen molar-refractivity contribution >= 4 is 11.5 Å². The first-order valence-corrected chi connectivity index (χ1v) is 9.55. The van der Waals surface area contributed by atoms with Gasteiger partial charge >= 0.3 is 0 Å². The summed E-state index contributed by atoms with van der Waals surface area (Å²) in [5, 5.41) is 3.38. The van der Waals surface area contributed by atoms with Gasteiger partial charge in [0.15, 0.2) is 5.82 Å². The third-order valence-corrected chi connectivity index (χ3v) is 4.68. The van der Waals surface area contributed by atoms with Gasteiger partial charge in [-0.25, -0.2) is 9.97 Å². The number of aromatic nitrogens is 3. The SMILES string of the molecule is Cc1cc(Nc2ccc(OC3CCOCC3)c(C)c2)nc(-c2cccnc2)n1. The fourth-order valence-corrected chi connectivity index (χ4v) is 3.24. The Kier molecular flexibility index (Phi) is 5.48. The zero-order valence-corrected chi connectivity index (χ0v) is 16.2. The summed E-state index contributed by atoms with van der Waals surface area (Å²) in [5.41, 5.74) is 3.85. The topological polar surface area (TPSA) is 69.2 Å². The van der Waals surface area contributed by atoms with Crippen molar-refractivity contribution in [3.8, 4) is 17.1 Å². The van der Waals surface area contributed by atoms with Crippen LogP contribution < -0.4 is 10.1 Å². The van der Waals surface area contributed by atoms with E-state index < -0.39 is 0 Å². The van der Waals surface area contributed by atoms with Crippen molar-refractivity contribution < 1.29 is 9.47 Å². The molecule has 6 heteroatoms. The Hall–Kier alpha value is -2.99. The lowest BCUT2D eigenvalue weighted by Gasteiger charge is -2.24. The van der Waals surface area contributed by atoms with E-state index in [1.807, 2.05) is 37.3 Å². The predicted octanol–water partition coefficient (Wildman–Crippen LogP) is 4.46. The first-order valence-electron chi connectivity index (χ1n) is 9.55. The van der Waals surface area contributed by atoms with Crippen LogP contribution in [0.1, 0.15) is 24.1 Å². The maximum absolute atomic E-state index is 6.15. The monoisotopic (exact) mass is 376 g/mol. The average Bonchev–Trinajstić information content (AvgIpc) is 2.71. The fourth-order valence-electron chi connectivity index (χ4n) is 3.24. The van der Waals surface area contributed by atoms with Gasteiger partial charge in [-0.2, -0.15) is 0 Å². The second-order valence-electron chi connectivity index (χ2n) is 6.99. The van der Waals surface area contributed by atoms with Crippen molar-refractivity contribution in [1.29, 1.82) is 0 Å². The number of nitrogens with one attached hydrogen (secondary N) is 1. The molecule has 0 amide bonds. The van der Waals surface area contributed by atoms with E-state index in [2.05, 4.69) is 33.3 Å². The van der Waals surface area contributed by atoms with Crippen molar-refractivity contribution in [3.05, 3.63) is 60.0 Å². The number of anilines is 2. The van der Waals surface area contributed by atoms with E-state index in [1.54, 1.807) is 12.4 Å². The number of benzene rings is 1. The minimum absolute atomic E-state index is 0.234.